The van der Waals surface area contributed by atoms with Crippen molar-refractivity contribution in [3.05, 3.63) is 88.0 Å². The van der Waals surface area contributed by atoms with E-state index in [0.717, 1.165) is 44.2 Å². The number of amides is 2. The molecular weight excluding hydrogens is 456 g/mol. The molecule has 2 N–H and O–H groups in total. The number of carbonyl (C=O) groups is 2. The average molecular weight is 491 g/mol. The smallest absolute Gasteiger partial charge is 0.257 e. The molecule has 8 nitrogen and oxygen atoms in total. The first-order valence-corrected chi connectivity index (χ1v) is 12.8. The highest BCUT2D eigenvalue weighted by Crippen LogP contribution is 2.18. The highest BCUT2D eigenvalue weighted by atomic mass is 16.3. The fourth-order valence-electron chi connectivity index (χ4n) is 4.62. The molecule has 8 heteroatoms. The minimum Gasteiger partial charge on any atom is -0.467 e. The second-order valence-corrected chi connectivity index (χ2v) is 9.45. The summed E-state index contributed by atoms with van der Waals surface area (Å²) in [7, 11) is 0. The van der Waals surface area contributed by atoms with E-state index in [0.29, 0.717) is 18.7 Å². The van der Waals surface area contributed by atoms with Crippen molar-refractivity contribution in [3.8, 4) is 0 Å². The van der Waals surface area contributed by atoms with Gasteiger partial charge in [-0.3, -0.25) is 19.4 Å². The molecule has 3 aromatic heterocycles. The molecule has 3 aromatic rings. The third-order valence-electron chi connectivity index (χ3n) is 6.68. The van der Waals surface area contributed by atoms with E-state index in [1.54, 1.807) is 36.0 Å². The third kappa shape index (κ3) is 6.71. The third-order valence-corrected chi connectivity index (χ3v) is 6.68. The molecule has 1 atom stereocenters. The summed E-state index contributed by atoms with van der Waals surface area (Å²) in [6, 6.07) is 8.79. The normalized spacial score (nSPS) is 15.5. The zero-order valence-corrected chi connectivity index (χ0v) is 20.7. The number of aromatic nitrogens is 2. The van der Waals surface area contributed by atoms with Gasteiger partial charge < -0.3 is 19.6 Å². The molecule has 0 spiro atoms. The van der Waals surface area contributed by atoms with Gasteiger partial charge in [0, 0.05) is 43.3 Å². The number of carbonyl (C=O) groups excluding carboxylic acids is 2. The average Bonchev–Trinajstić information content (AvgIpc) is 3.41. The van der Waals surface area contributed by atoms with Crippen molar-refractivity contribution in [1.29, 1.82) is 0 Å². The Kier molecular flexibility index (Phi) is 8.71. The minimum absolute atomic E-state index is 0.0172. The summed E-state index contributed by atoms with van der Waals surface area (Å²) in [6.45, 7) is 2.25. The van der Waals surface area contributed by atoms with Crippen LogP contribution in [0.15, 0.2) is 64.4 Å². The molecule has 2 amide bonds. The monoisotopic (exact) mass is 490 g/mol. The molecular formula is C28H34N4O4. The highest BCUT2D eigenvalue weighted by molar-refractivity contribution is 5.99. The fraction of sp³-hybridized carbons (Fsp3) is 0.429. The van der Waals surface area contributed by atoms with Gasteiger partial charge in [0.1, 0.15) is 16.9 Å². The Balaban J connectivity index is 1.58. The van der Waals surface area contributed by atoms with Crippen LogP contribution in [0.2, 0.25) is 0 Å². The van der Waals surface area contributed by atoms with Crippen molar-refractivity contribution < 1.29 is 14.0 Å². The molecule has 0 radical (unpaired) electrons. The Morgan fingerprint density at radius 1 is 1.03 bits per heavy atom. The maximum absolute atomic E-state index is 13.3. The second-order valence-electron chi connectivity index (χ2n) is 9.45. The van der Waals surface area contributed by atoms with Gasteiger partial charge in [0.05, 0.1) is 12.3 Å². The molecule has 0 saturated heterocycles. The minimum atomic E-state index is -0.573. The standard InChI is InChI=1S/C28H34N4O4/c1-20(25-13-9-17-36-25)30-27(34)23-18-32(16-14-21-10-7-8-15-29-21)19-24(26(23)33)28(35)31-22-11-5-3-2-4-6-12-22/h7-10,13,15,17-20,22H,2-6,11-12,14,16H2,1H3,(H,30,34)(H,31,35)/t20-/m1/s1. The molecule has 1 saturated carbocycles. The van der Waals surface area contributed by atoms with Crippen LogP contribution in [0.3, 0.4) is 0 Å². The van der Waals surface area contributed by atoms with Crippen molar-refractivity contribution >= 4 is 11.8 Å². The number of nitrogens with one attached hydrogen (secondary N) is 2. The number of nitrogens with zero attached hydrogens (tertiary/aromatic N) is 2. The van der Waals surface area contributed by atoms with Gasteiger partial charge in [-0.25, -0.2) is 0 Å². The van der Waals surface area contributed by atoms with Crippen LogP contribution in [0.4, 0.5) is 0 Å². The van der Waals surface area contributed by atoms with Gasteiger partial charge in [0.15, 0.2) is 0 Å². The van der Waals surface area contributed by atoms with Gasteiger partial charge in [0.25, 0.3) is 11.8 Å². The van der Waals surface area contributed by atoms with E-state index >= 15 is 0 Å². The maximum Gasteiger partial charge on any atom is 0.257 e. The van der Waals surface area contributed by atoms with E-state index < -0.39 is 23.3 Å². The largest absolute Gasteiger partial charge is 0.467 e. The molecule has 0 bridgehead atoms. The van der Waals surface area contributed by atoms with Crippen molar-refractivity contribution in [2.45, 2.75) is 76.9 Å². The van der Waals surface area contributed by atoms with Gasteiger partial charge in [-0.15, -0.1) is 0 Å². The lowest BCUT2D eigenvalue weighted by Crippen LogP contribution is -2.40. The van der Waals surface area contributed by atoms with Gasteiger partial charge >= 0.3 is 0 Å². The second kappa shape index (κ2) is 12.3. The summed E-state index contributed by atoms with van der Waals surface area (Å²) >= 11 is 0. The number of hydrogen-bond acceptors (Lipinski definition) is 5. The summed E-state index contributed by atoms with van der Waals surface area (Å²) in [4.78, 5) is 44.1. The maximum atomic E-state index is 13.3. The van der Waals surface area contributed by atoms with Crippen LogP contribution in [0, 0.1) is 0 Å². The Bertz CT molecular complexity index is 1200. The zero-order valence-electron chi connectivity index (χ0n) is 20.7. The van der Waals surface area contributed by atoms with Crippen LogP contribution in [0.25, 0.3) is 0 Å². The van der Waals surface area contributed by atoms with Crippen molar-refractivity contribution in [1.82, 2.24) is 20.2 Å². The first-order valence-electron chi connectivity index (χ1n) is 12.8. The number of furan rings is 1. The Morgan fingerprint density at radius 2 is 1.75 bits per heavy atom. The molecule has 0 unspecified atom stereocenters. The lowest BCUT2D eigenvalue weighted by Gasteiger charge is -2.21. The Morgan fingerprint density at radius 3 is 2.42 bits per heavy atom. The zero-order chi connectivity index (χ0) is 25.3. The molecule has 4 rings (SSSR count). The van der Waals surface area contributed by atoms with E-state index in [-0.39, 0.29) is 17.2 Å². The topological polar surface area (TPSA) is 106 Å². The molecule has 190 valence electrons. The van der Waals surface area contributed by atoms with Crippen LogP contribution in [-0.4, -0.2) is 27.4 Å². The Hall–Kier alpha value is -3.68. The van der Waals surface area contributed by atoms with Crippen LogP contribution >= 0.6 is 0 Å². The number of pyridine rings is 2. The molecule has 1 fully saturated rings. The predicted molar refractivity (Wildman–Crippen MR) is 137 cm³/mol. The summed E-state index contributed by atoms with van der Waals surface area (Å²) in [6.07, 6.45) is 14.4. The predicted octanol–water partition coefficient (Wildman–Crippen LogP) is 4.41. The van der Waals surface area contributed by atoms with Crippen LogP contribution in [-0.2, 0) is 13.0 Å². The summed E-state index contributed by atoms with van der Waals surface area (Å²) in [5.41, 5.74) is 0.224. The number of hydrogen-bond donors (Lipinski definition) is 2. The van der Waals surface area contributed by atoms with Gasteiger partial charge in [0.2, 0.25) is 5.43 Å². The fourth-order valence-corrected chi connectivity index (χ4v) is 4.62. The van der Waals surface area contributed by atoms with Crippen LogP contribution in [0.1, 0.15) is 90.1 Å². The van der Waals surface area contributed by atoms with E-state index in [1.807, 2.05) is 18.2 Å². The lowest BCUT2D eigenvalue weighted by atomic mass is 9.96. The number of aryl methyl sites for hydroxylation is 2. The van der Waals surface area contributed by atoms with Gasteiger partial charge in [-0.1, -0.05) is 38.2 Å². The van der Waals surface area contributed by atoms with Gasteiger partial charge in [-0.05, 0) is 44.0 Å². The van der Waals surface area contributed by atoms with Crippen molar-refractivity contribution in [3.63, 3.8) is 0 Å². The van der Waals surface area contributed by atoms with Crippen molar-refractivity contribution in [2.75, 3.05) is 0 Å². The van der Waals surface area contributed by atoms with E-state index in [9.17, 15) is 14.4 Å². The SMILES string of the molecule is C[C@@H](NC(=O)c1cn(CCc2ccccn2)cc(C(=O)NC2CCCCCCC2)c1=O)c1ccco1. The van der Waals surface area contributed by atoms with Crippen molar-refractivity contribution in [2.24, 2.45) is 0 Å². The van der Waals surface area contributed by atoms with E-state index in [2.05, 4.69) is 15.6 Å². The lowest BCUT2D eigenvalue weighted by molar-refractivity contribution is 0.0928. The number of rotatable bonds is 8. The summed E-state index contributed by atoms with van der Waals surface area (Å²) < 4.78 is 7.10. The van der Waals surface area contributed by atoms with Crippen LogP contribution < -0.4 is 16.1 Å². The molecule has 3 heterocycles. The quantitative estimate of drug-likeness (QED) is 0.486. The van der Waals surface area contributed by atoms with Crippen LogP contribution in [0.5, 0.6) is 0 Å². The summed E-state index contributed by atoms with van der Waals surface area (Å²) in [5, 5.41) is 5.88. The highest BCUT2D eigenvalue weighted by Gasteiger charge is 2.23. The van der Waals surface area contributed by atoms with Gasteiger partial charge in [-0.2, -0.15) is 0 Å². The first-order chi connectivity index (χ1) is 17.5. The molecule has 0 aromatic carbocycles. The Labute approximate surface area is 211 Å². The van der Waals surface area contributed by atoms with E-state index in [4.69, 9.17) is 4.42 Å². The molecule has 0 aliphatic heterocycles. The summed E-state index contributed by atoms with van der Waals surface area (Å²) in [5.74, 6) is -0.390. The molecule has 36 heavy (non-hydrogen) atoms. The molecule has 1 aliphatic rings. The molecule has 1 aliphatic carbocycles. The van der Waals surface area contributed by atoms with E-state index in [1.165, 1.54) is 18.9 Å². The first kappa shape index (κ1) is 25.4.